The molecule has 0 aromatic heterocycles. The number of fused-ring (bicyclic) bond motifs is 7. The van der Waals surface area contributed by atoms with Gasteiger partial charge in [-0.3, -0.25) is 14.4 Å². The number of amides is 2. The summed E-state index contributed by atoms with van der Waals surface area (Å²) in [6.45, 7) is 13.7. The number of nitrogens with one attached hydrogen (secondary N) is 2. The van der Waals surface area contributed by atoms with Crippen LogP contribution in [0.3, 0.4) is 0 Å². The number of aliphatic hydroxyl groups is 10. The van der Waals surface area contributed by atoms with E-state index in [9.17, 15) is 60.7 Å². The molecule has 9 rings (SSSR count). The summed E-state index contributed by atoms with van der Waals surface area (Å²) in [5, 5.41) is 118. The predicted molar refractivity (Wildman–Crippen MR) is 301 cm³/mol. The molecule has 5 aliphatic carbocycles. The van der Waals surface area contributed by atoms with Crippen LogP contribution in [0.15, 0.2) is 35.9 Å². The van der Waals surface area contributed by atoms with Crippen LogP contribution in [0.4, 0.5) is 0 Å². The zero-order valence-electron chi connectivity index (χ0n) is 48.4. The van der Waals surface area contributed by atoms with Crippen molar-refractivity contribution < 1.29 is 93.9 Å². The molecule has 7 fully saturated rings. The standard InChI is InChI=1S/C60H91IN2O19/c1-30-48(80-51-46(73)43(70)35(66)28-77-51)45(72)47(74)52(78-30)81-49-44(71)42(63-41(69)11-9-8-10-24-62-50(75)31-12-14-32(61)15-13-31)36(27-64)79-53(49)82-54(76)60-23-22-55(2,3)25-34(60)33-16-17-38-56(4)20-19-39(67)57(5,29-65)37(56)18-21-58(38,6)59(33,7)26-40(60)68/h12-16,30,34-40,42-49,51-53,64-68,70-74H,8-11,17-29H2,1-7H3,(H,62,75)(H,63,69)/t30?,34?,35?,36?,37?,38?,39-,40+,42?,43?,44?,45?,46?,47?,48?,49?,51?,52?,53?,56-,57-,58+,59+,60+/m0/s1. The van der Waals surface area contributed by atoms with Gasteiger partial charge in [0.15, 0.2) is 18.7 Å². The summed E-state index contributed by atoms with van der Waals surface area (Å²) in [4.78, 5) is 42.0. The van der Waals surface area contributed by atoms with Gasteiger partial charge < -0.3 is 90.1 Å². The first-order valence-electron chi connectivity index (χ1n) is 29.7. The number of benzene rings is 1. The number of ether oxygens (including phenoxy) is 6. The maximum absolute atomic E-state index is 15.7. The van der Waals surface area contributed by atoms with Gasteiger partial charge in [0.05, 0.1) is 44.2 Å². The zero-order valence-corrected chi connectivity index (χ0v) is 50.6. The lowest BCUT2D eigenvalue weighted by atomic mass is 9.33. The Morgan fingerprint density at radius 3 is 2.12 bits per heavy atom. The van der Waals surface area contributed by atoms with Crippen molar-refractivity contribution in [2.45, 2.75) is 230 Å². The number of halogens is 1. The summed E-state index contributed by atoms with van der Waals surface area (Å²) in [6, 6.07) is 5.77. The number of hydrogen-bond donors (Lipinski definition) is 12. The third-order valence-corrected chi connectivity index (χ3v) is 22.6. The van der Waals surface area contributed by atoms with E-state index in [0.29, 0.717) is 57.1 Å². The second-order valence-electron chi connectivity index (χ2n) is 27.1. The lowest BCUT2D eigenvalue weighted by Gasteiger charge is -2.71. The van der Waals surface area contributed by atoms with Gasteiger partial charge in [-0.05, 0) is 164 Å². The summed E-state index contributed by atoms with van der Waals surface area (Å²) >= 11 is 2.16. The Balaban J connectivity index is 0.963. The monoisotopic (exact) mass is 1270 g/mol. The highest BCUT2D eigenvalue weighted by atomic mass is 127. The van der Waals surface area contributed by atoms with Gasteiger partial charge in [0.2, 0.25) is 12.2 Å². The van der Waals surface area contributed by atoms with Crippen LogP contribution in [0.1, 0.15) is 142 Å². The van der Waals surface area contributed by atoms with Crippen molar-refractivity contribution in [3.8, 4) is 0 Å². The first kappa shape index (κ1) is 64.0. The summed E-state index contributed by atoms with van der Waals surface area (Å²) in [5.41, 5.74) is -2.00. The first-order chi connectivity index (χ1) is 38.6. The fourth-order valence-electron chi connectivity index (χ4n) is 16.7. The van der Waals surface area contributed by atoms with Crippen LogP contribution in [0.2, 0.25) is 0 Å². The van der Waals surface area contributed by atoms with Gasteiger partial charge in [0.1, 0.15) is 54.2 Å². The molecule has 8 aliphatic rings. The van der Waals surface area contributed by atoms with E-state index < -0.39 is 145 Å². The number of carbonyl (C=O) groups is 3. The van der Waals surface area contributed by atoms with Crippen LogP contribution in [0.5, 0.6) is 0 Å². The summed E-state index contributed by atoms with van der Waals surface area (Å²) < 4.78 is 37.5. The average Bonchev–Trinajstić information content (AvgIpc) is 1.15. The van der Waals surface area contributed by atoms with E-state index >= 15 is 4.79 Å². The van der Waals surface area contributed by atoms with Gasteiger partial charge in [0.25, 0.3) is 5.91 Å². The number of hydrogen-bond acceptors (Lipinski definition) is 19. The fourth-order valence-corrected chi connectivity index (χ4v) is 17.1. The highest BCUT2D eigenvalue weighted by molar-refractivity contribution is 14.1. The largest absolute Gasteiger partial charge is 0.432 e. The van der Waals surface area contributed by atoms with Gasteiger partial charge >= 0.3 is 5.97 Å². The molecule has 462 valence electrons. The van der Waals surface area contributed by atoms with Crippen LogP contribution in [0.25, 0.3) is 0 Å². The molecule has 1 aromatic rings. The van der Waals surface area contributed by atoms with Crippen LogP contribution >= 0.6 is 22.6 Å². The van der Waals surface area contributed by atoms with Crippen molar-refractivity contribution in [1.82, 2.24) is 10.6 Å². The van der Waals surface area contributed by atoms with Crippen LogP contribution in [-0.4, -0.2) is 193 Å². The molecule has 2 amide bonds. The van der Waals surface area contributed by atoms with Gasteiger partial charge in [-0.15, -0.1) is 0 Å². The number of aliphatic hydroxyl groups excluding tert-OH is 10. The van der Waals surface area contributed by atoms with Gasteiger partial charge in [-0.25, -0.2) is 0 Å². The minimum absolute atomic E-state index is 0.0149. The highest BCUT2D eigenvalue weighted by Crippen LogP contribution is 2.76. The smallest absolute Gasteiger partial charge is 0.317 e. The summed E-state index contributed by atoms with van der Waals surface area (Å²) in [6.07, 6.45) is -14.2. The topological polar surface area (TPSA) is 333 Å². The van der Waals surface area contributed by atoms with Crippen molar-refractivity contribution >= 4 is 40.4 Å². The van der Waals surface area contributed by atoms with E-state index in [4.69, 9.17) is 28.4 Å². The molecule has 3 heterocycles. The molecule has 17 unspecified atom stereocenters. The fraction of sp³-hybridized carbons (Fsp3) is 0.817. The second kappa shape index (κ2) is 24.6. The SMILES string of the molecule is CC1OC(OC2C(OC(=O)[C@]34CCC(C)(C)CC3C3=CCC5[C@@]6(C)CC[C@H](O)[C@@](C)(CO)C6CC[C@@]5(C)[C@]3(C)C[C@H]4O)OC(CO)C(NC(=O)CCCCCNC(=O)c3ccc(I)cc3)C2O)C(O)C(O)C1OC1OCC(O)C(O)C1O. The molecule has 3 aliphatic heterocycles. The number of allylic oxidation sites excluding steroid dienone is 2. The van der Waals surface area contributed by atoms with E-state index in [1.807, 2.05) is 19.1 Å². The molecule has 12 N–H and O–H groups in total. The second-order valence-corrected chi connectivity index (χ2v) is 28.4. The Bertz CT molecular complexity index is 2470. The molecule has 0 bridgehead atoms. The molecule has 21 nitrogen and oxygen atoms in total. The predicted octanol–water partition coefficient (Wildman–Crippen LogP) is 2.47. The van der Waals surface area contributed by atoms with Crippen molar-refractivity contribution in [1.29, 1.82) is 0 Å². The van der Waals surface area contributed by atoms with E-state index in [-0.39, 0.29) is 59.9 Å². The average molecular weight is 1270 g/mol. The zero-order chi connectivity index (χ0) is 59.6. The van der Waals surface area contributed by atoms with Gasteiger partial charge in [-0.1, -0.05) is 59.6 Å². The molecule has 24 atom stereocenters. The van der Waals surface area contributed by atoms with Crippen molar-refractivity contribution in [2.75, 3.05) is 26.4 Å². The van der Waals surface area contributed by atoms with E-state index in [2.05, 4.69) is 73.9 Å². The Kier molecular flexibility index (Phi) is 19.2. The first-order valence-corrected chi connectivity index (χ1v) is 30.8. The molecular formula is C60H91IN2O19. The van der Waals surface area contributed by atoms with E-state index in [1.54, 1.807) is 12.1 Å². The Labute approximate surface area is 494 Å². The molecule has 3 saturated heterocycles. The third kappa shape index (κ3) is 11.4. The summed E-state index contributed by atoms with van der Waals surface area (Å²) in [5.74, 6) is -1.86. The van der Waals surface area contributed by atoms with Crippen LogP contribution in [-0.2, 0) is 38.0 Å². The maximum atomic E-state index is 15.7. The van der Waals surface area contributed by atoms with Gasteiger partial charge in [-0.2, -0.15) is 0 Å². The highest BCUT2D eigenvalue weighted by Gasteiger charge is 2.72. The Morgan fingerprint density at radius 1 is 0.732 bits per heavy atom. The maximum Gasteiger partial charge on any atom is 0.317 e. The molecule has 4 saturated carbocycles. The quantitative estimate of drug-likeness (QED) is 0.0490. The Hall–Kier alpha value is -2.50. The number of unbranched alkanes of at least 4 members (excludes halogenated alkanes) is 2. The minimum Gasteiger partial charge on any atom is -0.432 e. The van der Waals surface area contributed by atoms with Crippen molar-refractivity contribution in [3.05, 3.63) is 45.0 Å². The van der Waals surface area contributed by atoms with Crippen molar-refractivity contribution in [3.63, 3.8) is 0 Å². The molecule has 1 aromatic carbocycles. The molecule has 82 heavy (non-hydrogen) atoms. The third-order valence-electron chi connectivity index (χ3n) is 21.9. The minimum atomic E-state index is -1.95. The molecule has 0 radical (unpaired) electrons. The van der Waals surface area contributed by atoms with Gasteiger partial charge in [0, 0.05) is 27.5 Å². The summed E-state index contributed by atoms with van der Waals surface area (Å²) in [7, 11) is 0. The molecular weight excluding hydrogens is 1180 g/mol. The van der Waals surface area contributed by atoms with Crippen molar-refractivity contribution in [2.24, 2.45) is 50.2 Å². The lowest BCUT2D eigenvalue weighted by Crippen LogP contribution is -2.69. The lowest BCUT2D eigenvalue weighted by molar-refractivity contribution is -0.370. The Morgan fingerprint density at radius 2 is 1.43 bits per heavy atom. The van der Waals surface area contributed by atoms with E-state index in [1.165, 1.54) is 6.92 Å². The molecule has 22 heteroatoms. The van der Waals surface area contributed by atoms with Crippen LogP contribution in [0, 0.1) is 53.8 Å². The number of carbonyl (C=O) groups excluding carboxylic acids is 3. The normalized spacial score (nSPS) is 46.2. The van der Waals surface area contributed by atoms with Crippen LogP contribution < -0.4 is 10.6 Å². The number of rotatable bonds is 16. The van der Waals surface area contributed by atoms with E-state index in [0.717, 1.165) is 28.4 Å². The number of esters is 1. The molecule has 0 spiro atoms.